The first-order chi connectivity index (χ1) is 12.6. The number of carbonyl (C=O) groups excluding carboxylic acids is 1. The lowest BCUT2D eigenvalue weighted by molar-refractivity contribution is -0.114. The first kappa shape index (κ1) is 17.0. The summed E-state index contributed by atoms with van der Waals surface area (Å²) in [6.07, 6.45) is 0. The number of aromatic nitrogens is 3. The molecule has 136 valence electrons. The molecule has 1 aromatic carbocycles. The fourth-order valence-electron chi connectivity index (χ4n) is 3.32. The summed E-state index contributed by atoms with van der Waals surface area (Å²) in [5, 5.41) is 8.53. The van der Waals surface area contributed by atoms with Crippen LogP contribution >= 0.6 is 11.8 Å². The van der Waals surface area contributed by atoms with Crippen LogP contribution in [-0.4, -0.2) is 39.5 Å². The van der Waals surface area contributed by atoms with Crippen molar-refractivity contribution in [2.24, 2.45) is 0 Å². The minimum atomic E-state index is -0.349. The van der Waals surface area contributed by atoms with E-state index in [1.807, 2.05) is 25.1 Å². The number of carbonyl (C=O) groups is 1. The molecule has 3 heterocycles. The van der Waals surface area contributed by atoms with Crippen LogP contribution in [0.25, 0.3) is 0 Å². The highest BCUT2D eigenvalue weighted by Gasteiger charge is 2.33. The maximum atomic E-state index is 12.4. The fourth-order valence-corrected chi connectivity index (χ4v) is 3.87. The number of hydrogen-bond donors (Lipinski definition) is 1. The van der Waals surface area contributed by atoms with Gasteiger partial charge in [-0.05, 0) is 37.3 Å². The minimum absolute atomic E-state index is 0.000679. The van der Waals surface area contributed by atoms with Crippen molar-refractivity contribution < 1.29 is 14.3 Å². The molecule has 0 spiro atoms. The number of anilines is 1. The molecule has 26 heavy (non-hydrogen) atoms. The van der Waals surface area contributed by atoms with Gasteiger partial charge in [-0.1, -0.05) is 24.8 Å². The third-order valence-electron chi connectivity index (χ3n) is 4.37. The molecule has 0 radical (unpaired) electrons. The molecule has 1 atom stereocenters. The topological polar surface area (TPSA) is 78.3 Å². The van der Waals surface area contributed by atoms with Crippen molar-refractivity contribution in [3.8, 4) is 11.5 Å². The summed E-state index contributed by atoms with van der Waals surface area (Å²) >= 11 is 1.57. The molecule has 0 aliphatic carbocycles. The maximum absolute atomic E-state index is 12.4. The van der Waals surface area contributed by atoms with Crippen molar-refractivity contribution >= 4 is 23.5 Å². The Labute approximate surface area is 155 Å². The lowest BCUT2D eigenvalue weighted by atomic mass is 9.93. The Hall–Kier alpha value is -2.48. The van der Waals surface area contributed by atoms with Crippen LogP contribution in [0.4, 0.5) is 5.95 Å². The summed E-state index contributed by atoms with van der Waals surface area (Å²) in [6, 6.07) is 5.42. The Morgan fingerprint density at radius 2 is 2.12 bits per heavy atom. The molecule has 0 amide bonds. The third-order valence-corrected chi connectivity index (χ3v) is 5.09. The van der Waals surface area contributed by atoms with E-state index in [1.165, 1.54) is 0 Å². The zero-order valence-corrected chi connectivity index (χ0v) is 15.7. The van der Waals surface area contributed by atoms with Crippen molar-refractivity contribution in [1.82, 2.24) is 14.8 Å². The van der Waals surface area contributed by atoms with Crippen LogP contribution < -0.4 is 14.8 Å². The van der Waals surface area contributed by atoms with E-state index in [1.54, 1.807) is 23.4 Å². The van der Waals surface area contributed by atoms with E-state index in [0.717, 1.165) is 22.8 Å². The second-order valence-electron chi connectivity index (χ2n) is 6.12. The van der Waals surface area contributed by atoms with Gasteiger partial charge in [-0.2, -0.15) is 4.98 Å². The number of allylic oxidation sites excluding steroid dienone is 2. The second kappa shape index (κ2) is 6.68. The van der Waals surface area contributed by atoms with Crippen molar-refractivity contribution in [1.29, 1.82) is 0 Å². The number of Topliss-reactive ketones (excluding diaryl/α,β-unsaturated/α-hetero) is 1. The quantitative estimate of drug-likeness (QED) is 0.827. The van der Waals surface area contributed by atoms with Crippen molar-refractivity contribution in [2.45, 2.75) is 32.0 Å². The molecule has 2 aliphatic heterocycles. The number of benzene rings is 1. The smallest absolute Gasteiger partial charge is 0.227 e. The van der Waals surface area contributed by atoms with E-state index in [-0.39, 0.29) is 11.8 Å². The molecule has 8 heteroatoms. The Kier molecular flexibility index (Phi) is 4.36. The van der Waals surface area contributed by atoms with Crippen LogP contribution in [0.2, 0.25) is 0 Å². The minimum Gasteiger partial charge on any atom is -0.486 e. The molecule has 0 saturated heterocycles. The average Bonchev–Trinajstić information content (AvgIpc) is 3.02. The molecule has 0 fully saturated rings. The predicted octanol–water partition coefficient (Wildman–Crippen LogP) is 3.04. The highest BCUT2D eigenvalue weighted by atomic mass is 32.2. The Morgan fingerprint density at radius 1 is 1.35 bits per heavy atom. The molecule has 1 aromatic heterocycles. The monoisotopic (exact) mass is 372 g/mol. The van der Waals surface area contributed by atoms with E-state index in [9.17, 15) is 4.79 Å². The van der Waals surface area contributed by atoms with Gasteiger partial charge < -0.3 is 14.8 Å². The second-order valence-corrected chi connectivity index (χ2v) is 7.35. The number of ether oxygens (including phenoxy) is 2. The number of nitrogens with one attached hydrogen (secondary N) is 1. The van der Waals surface area contributed by atoms with Crippen LogP contribution in [0.1, 0.15) is 32.4 Å². The summed E-state index contributed by atoms with van der Waals surface area (Å²) in [7, 11) is 0. The van der Waals surface area contributed by atoms with Gasteiger partial charge in [0.15, 0.2) is 17.3 Å². The summed E-state index contributed by atoms with van der Waals surface area (Å²) in [6.45, 7) is 6.59. The molecule has 0 saturated carbocycles. The normalized spacial score (nSPS) is 18.3. The van der Waals surface area contributed by atoms with Crippen molar-refractivity contribution in [2.75, 3.05) is 24.3 Å². The first-order valence-electron chi connectivity index (χ1n) is 8.56. The van der Waals surface area contributed by atoms with Gasteiger partial charge in [0.05, 0.1) is 0 Å². The van der Waals surface area contributed by atoms with Gasteiger partial charge in [0.1, 0.15) is 19.3 Å². The predicted molar refractivity (Wildman–Crippen MR) is 99.0 cm³/mol. The lowest BCUT2D eigenvalue weighted by Crippen LogP contribution is -2.28. The van der Waals surface area contributed by atoms with Gasteiger partial charge in [0.2, 0.25) is 11.1 Å². The number of ketones is 1. The summed E-state index contributed by atoms with van der Waals surface area (Å²) in [4.78, 5) is 17.0. The summed E-state index contributed by atoms with van der Waals surface area (Å²) in [5.74, 6) is 2.94. The van der Waals surface area contributed by atoms with Crippen molar-refractivity contribution in [3.63, 3.8) is 0 Å². The maximum Gasteiger partial charge on any atom is 0.227 e. The Balaban J connectivity index is 1.85. The van der Waals surface area contributed by atoms with Crippen LogP contribution in [0, 0.1) is 0 Å². The third kappa shape index (κ3) is 2.84. The zero-order valence-electron chi connectivity index (χ0n) is 14.9. The highest BCUT2D eigenvalue weighted by molar-refractivity contribution is 7.99. The van der Waals surface area contributed by atoms with Gasteiger partial charge in [-0.25, -0.2) is 4.68 Å². The Bertz CT molecular complexity index is 906. The number of fused-ring (bicyclic) bond motifs is 2. The first-order valence-corrected chi connectivity index (χ1v) is 9.54. The standard InChI is InChI=1S/C18H20N4O3S/c1-4-26-18-20-17-19-10(2)15(11(3)23)16(22(17)21-18)12-5-6-13-14(9-12)25-8-7-24-13/h5-6,9,16H,4,7-8H2,1-3H3,(H,19,20,21). The fraction of sp³-hybridized carbons (Fsp3) is 0.389. The van der Waals surface area contributed by atoms with Crippen LogP contribution in [0.15, 0.2) is 34.6 Å². The molecule has 1 N–H and O–H groups in total. The molecule has 2 aliphatic rings. The largest absolute Gasteiger partial charge is 0.486 e. The van der Waals surface area contributed by atoms with Gasteiger partial charge in [-0.15, -0.1) is 5.10 Å². The highest BCUT2D eigenvalue weighted by Crippen LogP contribution is 2.40. The summed E-state index contributed by atoms with van der Waals surface area (Å²) < 4.78 is 13.1. The van der Waals surface area contributed by atoms with E-state index in [2.05, 4.69) is 22.3 Å². The van der Waals surface area contributed by atoms with E-state index in [0.29, 0.717) is 35.6 Å². The Morgan fingerprint density at radius 3 is 2.85 bits per heavy atom. The van der Waals surface area contributed by atoms with Gasteiger partial charge >= 0.3 is 0 Å². The molecule has 4 rings (SSSR count). The van der Waals surface area contributed by atoms with Gasteiger partial charge in [0.25, 0.3) is 0 Å². The number of hydrogen-bond acceptors (Lipinski definition) is 7. The lowest BCUT2D eigenvalue weighted by Gasteiger charge is -2.29. The number of thioether (sulfide) groups is 1. The SMILES string of the molecule is CCSc1nc2n(n1)C(c1ccc3c(c1)OCCO3)C(C(C)=O)=C(C)N2. The van der Waals surface area contributed by atoms with E-state index >= 15 is 0 Å². The van der Waals surface area contributed by atoms with Crippen LogP contribution in [-0.2, 0) is 4.79 Å². The van der Waals surface area contributed by atoms with Crippen LogP contribution in [0.5, 0.6) is 11.5 Å². The molecule has 1 unspecified atom stereocenters. The summed E-state index contributed by atoms with van der Waals surface area (Å²) in [5.41, 5.74) is 2.39. The van der Waals surface area contributed by atoms with E-state index < -0.39 is 0 Å². The van der Waals surface area contributed by atoms with Gasteiger partial charge in [-0.3, -0.25) is 4.79 Å². The molecule has 7 nitrogen and oxygen atoms in total. The molecular formula is C18H20N4O3S. The molecule has 0 bridgehead atoms. The number of rotatable bonds is 4. The molecular weight excluding hydrogens is 352 g/mol. The van der Waals surface area contributed by atoms with E-state index in [4.69, 9.17) is 9.47 Å². The molecule has 2 aromatic rings. The van der Waals surface area contributed by atoms with Crippen molar-refractivity contribution in [3.05, 3.63) is 35.0 Å². The number of nitrogens with zero attached hydrogens (tertiary/aromatic N) is 3. The van der Waals surface area contributed by atoms with Crippen LogP contribution in [0.3, 0.4) is 0 Å². The van der Waals surface area contributed by atoms with Gasteiger partial charge in [0, 0.05) is 11.3 Å². The zero-order chi connectivity index (χ0) is 18.3. The average molecular weight is 372 g/mol.